The van der Waals surface area contributed by atoms with E-state index in [1.165, 1.54) is 20.3 Å². The standard InChI is InChI=1S/C26H24Cl2N4O3/c1-4-23(33)32-14-15(9-18(32)7-8-29)10-22-30-13-17-11-16(5-6-19(17)31-22)24-25(27)20(34-2)12-21(35-3)26(24)28/h4-6,11-13,15,18H,1,7,9-10,14H2,2-3H3/t15-,18-/m1/s1. The first-order chi connectivity index (χ1) is 16.9. The van der Waals surface area contributed by atoms with Crippen LogP contribution in [0.1, 0.15) is 18.7 Å². The second kappa shape index (κ2) is 10.5. The quantitative estimate of drug-likeness (QED) is 0.391. The van der Waals surface area contributed by atoms with Gasteiger partial charge in [-0.15, -0.1) is 0 Å². The lowest BCUT2D eigenvalue weighted by Crippen LogP contribution is -2.34. The number of likely N-dealkylation sites (tertiary alicyclic amines) is 1. The van der Waals surface area contributed by atoms with Crippen LogP contribution in [0.25, 0.3) is 22.0 Å². The minimum Gasteiger partial charge on any atom is -0.495 e. The SMILES string of the molecule is C=CC(=O)N1C[C@@H](Cc2ncc3cc(-c4c(Cl)c(OC)cc(OC)c4Cl)ccc3n2)C[C@H]1CC#N. The second-order valence-electron chi connectivity index (χ2n) is 8.36. The van der Waals surface area contributed by atoms with Crippen LogP contribution >= 0.6 is 23.2 Å². The Hall–Kier alpha value is -3.34. The van der Waals surface area contributed by atoms with Crippen molar-refractivity contribution in [2.45, 2.75) is 25.3 Å². The van der Waals surface area contributed by atoms with E-state index in [9.17, 15) is 4.79 Å². The molecule has 1 fully saturated rings. The molecule has 2 atom stereocenters. The summed E-state index contributed by atoms with van der Waals surface area (Å²) < 4.78 is 10.8. The number of nitriles is 1. The largest absolute Gasteiger partial charge is 0.495 e. The number of hydrogen-bond acceptors (Lipinski definition) is 6. The molecule has 1 aromatic heterocycles. The Morgan fingerprint density at radius 3 is 2.60 bits per heavy atom. The van der Waals surface area contributed by atoms with Crippen LogP contribution in [0.2, 0.25) is 10.0 Å². The maximum atomic E-state index is 12.2. The maximum Gasteiger partial charge on any atom is 0.246 e. The normalized spacial score (nSPS) is 17.3. The highest BCUT2D eigenvalue weighted by atomic mass is 35.5. The van der Waals surface area contributed by atoms with Crippen molar-refractivity contribution in [1.82, 2.24) is 14.9 Å². The van der Waals surface area contributed by atoms with E-state index in [4.69, 9.17) is 42.9 Å². The van der Waals surface area contributed by atoms with Gasteiger partial charge in [0, 0.05) is 42.2 Å². The minimum atomic E-state index is -0.147. The average Bonchev–Trinajstić information content (AvgIpc) is 3.26. The van der Waals surface area contributed by atoms with Gasteiger partial charge in [0.1, 0.15) is 17.3 Å². The summed E-state index contributed by atoms with van der Waals surface area (Å²) in [4.78, 5) is 23.2. The van der Waals surface area contributed by atoms with E-state index in [0.29, 0.717) is 52.3 Å². The third kappa shape index (κ3) is 4.90. The summed E-state index contributed by atoms with van der Waals surface area (Å²) in [5, 5.41) is 10.7. The predicted molar refractivity (Wildman–Crippen MR) is 136 cm³/mol. The number of halogens is 2. The Morgan fingerprint density at radius 2 is 1.97 bits per heavy atom. The van der Waals surface area contributed by atoms with Crippen molar-refractivity contribution in [2.75, 3.05) is 20.8 Å². The van der Waals surface area contributed by atoms with Crippen LogP contribution < -0.4 is 9.47 Å². The fraction of sp³-hybridized carbons (Fsp3) is 0.308. The molecule has 7 nitrogen and oxygen atoms in total. The van der Waals surface area contributed by atoms with Gasteiger partial charge in [-0.2, -0.15) is 5.26 Å². The molecule has 4 rings (SSSR count). The highest BCUT2D eigenvalue weighted by Gasteiger charge is 2.34. The summed E-state index contributed by atoms with van der Waals surface area (Å²) in [5.41, 5.74) is 2.18. The van der Waals surface area contributed by atoms with E-state index in [-0.39, 0.29) is 17.9 Å². The molecule has 1 saturated heterocycles. The van der Waals surface area contributed by atoms with Gasteiger partial charge in [0.05, 0.1) is 42.3 Å². The monoisotopic (exact) mass is 510 g/mol. The molecule has 0 saturated carbocycles. The lowest BCUT2D eigenvalue weighted by molar-refractivity contribution is -0.126. The van der Waals surface area contributed by atoms with Gasteiger partial charge in [-0.05, 0) is 36.1 Å². The molecule has 0 radical (unpaired) electrons. The summed E-state index contributed by atoms with van der Waals surface area (Å²) >= 11 is 13.2. The molecule has 1 aliphatic rings. The zero-order valence-corrected chi connectivity index (χ0v) is 20.9. The van der Waals surface area contributed by atoms with Crippen molar-refractivity contribution in [2.24, 2.45) is 5.92 Å². The van der Waals surface area contributed by atoms with Crippen molar-refractivity contribution in [3.63, 3.8) is 0 Å². The van der Waals surface area contributed by atoms with Gasteiger partial charge in [-0.25, -0.2) is 9.97 Å². The third-order valence-electron chi connectivity index (χ3n) is 6.25. The number of methoxy groups -OCH3 is 2. The Labute approximate surface area is 213 Å². The van der Waals surface area contributed by atoms with E-state index in [0.717, 1.165) is 22.9 Å². The van der Waals surface area contributed by atoms with Crippen LogP contribution in [0.15, 0.2) is 43.1 Å². The number of rotatable bonds is 7. The highest BCUT2D eigenvalue weighted by molar-refractivity contribution is 6.41. The van der Waals surface area contributed by atoms with Gasteiger partial charge in [0.2, 0.25) is 5.91 Å². The minimum absolute atomic E-state index is 0.104. The Bertz CT molecular complexity index is 1310. The summed E-state index contributed by atoms with van der Waals surface area (Å²) in [5.74, 6) is 1.65. The molecule has 2 heterocycles. The van der Waals surface area contributed by atoms with E-state index in [1.807, 2.05) is 18.2 Å². The lowest BCUT2D eigenvalue weighted by atomic mass is 10.00. The number of ether oxygens (including phenoxy) is 2. The fourth-order valence-corrected chi connectivity index (χ4v) is 5.29. The molecule has 0 unspecified atom stereocenters. The zero-order chi connectivity index (χ0) is 25.1. The zero-order valence-electron chi connectivity index (χ0n) is 19.4. The van der Waals surface area contributed by atoms with Crippen LogP contribution in [0, 0.1) is 17.2 Å². The summed E-state index contributed by atoms with van der Waals surface area (Å²) in [6.07, 6.45) is 4.73. The molecule has 180 valence electrons. The number of carbonyl (C=O) groups is 1. The van der Waals surface area contributed by atoms with Gasteiger partial charge >= 0.3 is 0 Å². The Morgan fingerprint density at radius 1 is 1.26 bits per heavy atom. The predicted octanol–water partition coefficient (Wildman–Crippen LogP) is 5.48. The first-order valence-electron chi connectivity index (χ1n) is 11.1. The van der Waals surface area contributed by atoms with Crippen LogP contribution in [-0.4, -0.2) is 47.6 Å². The molecular weight excluding hydrogens is 487 g/mol. The molecule has 0 N–H and O–H groups in total. The lowest BCUT2D eigenvalue weighted by Gasteiger charge is -2.20. The van der Waals surface area contributed by atoms with Crippen molar-refractivity contribution in [1.29, 1.82) is 5.26 Å². The third-order valence-corrected chi connectivity index (χ3v) is 7.00. The molecule has 1 aliphatic heterocycles. The average molecular weight is 511 g/mol. The maximum absolute atomic E-state index is 12.2. The van der Waals surface area contributed by atoms with Crippen LogP contribution in [0.3, 0.4) is 0 Å². The molecule has 35 heavy (non-hydrogen) atoms. The van der Waals surface area contributed by atoms with E-state index >= 15 is 0 Å². The fourth-order valence-electron chi connectivity index (χ4n) is 4.57. The van der Waals surface area contributed by atoms with Crippen molar-refractivity contribution >= 4 is 40.0 Å². The molecule has 2 aromatic carbocycles. The first kappa shape index (κ1) is 24.8. The second-order valence-corrected chi connectivity index (χ2v) is 9.12. The van der Waals surface area contributed by atoms with Gasteiger partial charge in [0.15, 0.2) is 0 Å². The molecule has 0 aliphatic carbocycles. The van der Waals surface area contributed by atoms with E-state index in [2.05, 4.69) is 17.6 Å². The molecule has 3 aromatic rings. The van der Waals surface area contributed by atoms with Gasteiger partial charge < -0.3 is 14.4 Å². The van der Waals surface area contributed by atoms with Crippen LogP contribution in [0.5, 0.6) is 11.5 Å². The van der Waals surface area contributed by atoms with Gasteiger partial charge in [0.25, 0.3) is 0 Å². The number of carbonyl (C=O) groups excluding carboxylic acids is 1. The molecular formula is C26H24Cl2N4O3. The molecule has 0 bridgehead atoms. The first-order valence-corrected chi connectivity index (χ1v) is 11.8. The summed E-state index contributed by atoms with van der Waals surface area (Å²) in [7, 11) is 3.07. The molecule has 0 spiro atoms. The van der Waals surface area contributed by atoms with E-state index in [1.54, 1.807) is 17.2 Å². The number of hydrogen-bond donors (Lipinski definition) is 0. The summed E-state index contributed by atoms with van der Waals surface area (Å²) in [6.45, 7) is 4.13. The number of nitrogens with zero attached hydrogens (tertiary/aromatic N) is 4. The van der Waals surface area contributed by atoms with Crippen LogP contribution in [-0.2, 0) is 11.2 Å². The molecule has 1 amide bonds. The van der Waals surface area contributed by atoms with Crippen molar-refractivity contribution in [3.05, 3.63) is 59.0 Å². The number of benzene rings is 2. The molecule has 9 heteroatoms. The van der Waals surface area contributed by atoms with E-state index < -0.39 is 0 Å². The van der Waals surface area contributed by atoms with Crippen molar-refractivity contribution in [3.8, 4) is 28.7 Å². The van der Waals surface area contributed by atoms with Crippen LogP contribution in [0.4, 0.5) is 0 Å². The Kier molecular flexibility index (Phi) is 7.44. The Balaban J connectivity index is 1.61. The number of fused-ring (bicyclic) bond motifs is 1. The number of amides is 1. The van der Waals surface area contributed by atoms with Gasteiger partial charge in [-0.1, -0.05) is 35.8 Å². The van der Waals surface area contributed by atoms with Gasteiger partial charge in [-0.3, -0.25) is 4.79 Å². The van der Waals surface area contributed by atoms with Crippen molar-refractivity contribution < 1.29 is 14.3 Å². The topological polar surface area (TPSA) is 88.3 Å². The highest BCUT2D eigenvalue weighted by Crippen LogP contribution is 2.46. The smallest absolute Gasteiger partial charge is 0.246 e. The summed E-state index contributed by atoms with van der Waals surface area (Å²) in [6, 6.07) is 9.44. The number of aromatic nitrogens is 2.